The third kappa shape index (κ3) is 1.64. The molecule has 0 radical (unpaired) electrons. The van der Waals surface area contributed by atoms with Gasteiger partial charge in [-0.25, -0.2) is 0 Å². The number of nitrogens with one attached hydrogen (secondary N) is 2. The minimum Gasteiger partial charge on any atom is -0.359 e. The summed E-state index contributed by atoms with van der Waals surface area (Å²) in [5.41, 5.74) is 3.06. The Balaban J connectivity index is 3.52. The van der Waals surface area contributed by atoms with Gasteiger partial charge in [-0.1, -0.05) is 6.58 Å². The lowest BCUT2D eigenvalue weighted by Crippen LogP contribution is -2.29. The van der Waals surface area contributed by atoms with Gasteiger partial charge in [-0.2, -0.15) is 0 Å². The lowest BCUT2D eigenvalue weighted by atomic mass is 10.2. The van der Waals surface area contributed by atoms with Crippen LogP contribution in [0.15, 0.2) is 0 Å². The van der Waals surface area contributed by atoms with Crippen molar-refractivity contribution in [2.75, 3.05) is 0 Å². The summed E-state index contributed by atoms with van der Waals surface area (Å²) in [6.45, 7) is 9.73. The first-order valence-electron chi connectivity index (χ1n) is 4.13. The number of rotatable bonds is 2. The summed E-state index contributed by atoms with van der Waals surface area (Å²) in [4.78, 5) is 13.4. The molecule has 0 saturated heterocycles. The Morgan fingerprint density at radius 1 is 1.54 bits per heavy atom. The van der Waals surface area contributed by atoms with Crippen LogP contribution in [0.4, 0.5) is 0 Å². The van der Waals surface area contributed by atoms with E-state index in [0.29, 0.717) is 6.41 Å². The van der Waals surface area contributed by atoms with Crippen LogP contribution in [-0.4, -0.2) is 11.4 Å². The van der Waals surface area contributed by atoms with Crippen molar-refractivity contribution in [3.05, 3.63) is 21.8 Å². The van der Waals surface area contributed by atoms with E-state index in [-0.39, 0.29) is 0 Å². The molecule has 0 bridgehead atoms. The number of hydrogen-bond donors (Lipinski definition) is 2. The average molecular weight is 178 g/mol. The second-order valence-electron chi connectivity index (χ2n) is 3.12. The molecule has 1 aromatic heterocycles. The summed E-state index contributed by atoms with van der Waals surface area (Å²) in [5.74, 6) is 0. The Labute approximate surface area is 77.2 Å². The quantitative estimate of drug-likeness (QED) is 0.611. The standard InChI is InChI=1S/C10H14N2O/c1-6-7(2)12-9(4)10(6)8(3)11-5-13/h5,12H,4H2,1-3H3,(H,11,13)/b10-8+. The van der Waals surface area contributed by atoms with Crippen LogP contribution in [0.2, 0.25) is 0 Å². The van der Waals surface area contributed by atoms with Gasteiger partial charge in [0.2, 0.25) is 6.41 Å². The molecule has 3 heteroatoms. The number of aromatic amines is 1. The highest BCUT2D eigenvalue weighted by atomic mass is 16.1. The first-order valence-corrected chi connectivity index (χ1v) is 4.13. The molecule has 1 aromatic rings. The summed E-state index contributed by atoms with van der Waals surface area (Å²) >= 11 is 0. The van der Waals surface area contributed by atoms with Crippen molar-refractivity contribution in [3.8, 4) is 0 Å². The van der Waals surface area contributed by atoms with Crippen molar-refractivity contribution >= 4 is 18.7 Å². The van der Waals surface area contributed by atoms with E-state index in [9.17, 15) is 4.79 Å². The molecule has 0 aliphatic rings. The maximum absolute atomic E-state index is 10.3. The molecule has 0 unspecified atom stereocenters. The van der Waals surface area contributed by atoms with Crippen molar-refractivity contribution in [3.63, 3.8) is 0 Å². The van der Waals surface area contributed by atoms with Gasteiger partial charge >= 0.3 is 0 Å². The number of H-pyrrole nitrogens is 1. The fourth-order valence-electron chi connectivity index (χ4n) is 1.46. The zero-order valence-corrected chi connectivity index (χ0v) is 8.19. The average Bonchev–Trinajstić information content (AvgIpc) is 2.27. The van der Waals surface area contributed by atoms with Crippen LogP contribution in [0.25, 0.3) is 12.3 Å². The van der Waals surface area contributed by atoms with Crippen LogP contribution in [0.1, 0.15) is 18.2 Å². The molecule has 0 aromatic carbocycles. The number of carbonyl (C=O) groups excluding carboxylic acids is 1. The summed E-state index contributed by atoms with van der Waals surface area (Å²) in [7, 11) is 0. The topological polar surface area (TPSA) is 44.9 Å². The molecule has 1 rings (SSSR count). The van der Waals surface area contributed by atoms with Crippen molar-refractivity contribution in [2.24, 2.45) is 0 Å². The van der Waals surface area contributed by atoms with Gasteiger partial charge in [-0.05, 0) is 26.3 Å². The third-order valence-electron chi connectivity index (χ3n) is 2.23. The third-order valence-corrected chi connectivity index (χ3v) is 2.23. The highest BCUT2D eigenvalue weighted by molar-refractivity contribution is 5.62. The molecule has 1 heterocycles. The highest BCUT2D eigenvalue weighted by Gasteiger charge is 2.00. The van der Waals surface area contributed by atoms with Gasteiger partial charge in [0.05, 0.1) is 0 Å². The maximum atomic E-state index is 10.3. The molecular formula is C10H14N2O. The van der Waals surface area contributed by atoms with Crippen LogP contribution in [-0.2, 0) is 4.79 Å². The van der Waals surface area contributed by atoms with Gasteiger partial charge in [0, 0.05) is 22.0 Å². The molecule has 0 spiro atoms. The Hall–Kier alpha value is -1.51. The molecule has 0 aliphatic carbocycles. The van der Waals surface area contributed by atoms with Crippen molar-refractivity contribution in [1.29, 1.82) is 0 Å². The fraction of sp³-hybridized carbons (Fsp3) is 0.300. The van der Waals surface area contributed by atoms with E-state index < -0.39 is 0 Å². The van der Waals surface area contributed by atoms with Crippen LogP contribution < -0.4 is 15.9 Å². The second-order valence-corrected chi connectivity index (χ2v) is 3.12. The Morgan fingerprint density at radius 2 is 2.15 bits per heavy atom. The smallest absolute Gasteiger partial charge is 0.211 e. The predicted octanol–water partition coefficient (Wildman–Crippen LogP) is -0.0841. The van der Waals surface area contributed by atoms with Crippen LogP contribution in [0.5, 0.6) is 0 Å². The zero-order valence-electron chi connectivity index (χ0n) is 8.19. The highest BCUT2D eigenvalue weighted by Crippen LogP contribution is 1.93. The largest absolute Gasteiger partial charge is 0.359 e. The molecule has 3 nitrogen and oxygen atoms in total. The van der Waals surface area contributed by atoms with E-state index >= 15 is 0 Å². The van der Waals surface area contributed by atoms with E-state index in [1.165, 1.54) is 0 Å². The molecule has 0 fully saturated rings. The van der Waals surface area contributed by atoms with Crippen molar-refractivity contribution in [2.45, 2.75) is 20.8 Å². The zero-order chi connectivity index (χ0) is 10.0. The van der Waals surface area contributed by atoms with Gasteiger partial charge in [0.15, 0.2) is 0 Å². The summed E-state index contributed by atoms with van der Waals surface area (Å²) in [6.07, 6.45) is 0.677. The van der Waals surface area contributed by atoms with Gasteiger partial charge < -0.3 is 10.3 Å². The van der Waals surface area contributed by atoms with Crippen molar-refractivity contribution < 1.29 is 4.79 Å². The Bertz CT molecular complexity index is 429. The molecule has 70 valence electrons. The summed E-state index contributed by atoms with van der Waals surface area (Å²) < 4.78 is 0. The molecular weight excluding hydrogens is 164 g/mol. The minimum atomic E-state index is 0.677. The van der Waals surface area contributed by atoms with Crippen LogP contribution >= 0.6 is 0 Å². The second kappa shape index (κ2) is 3.47. The van der Waals surface area contributed by atoms with Crippen LogP contribution in [0.3, 0.4) is 0 Å². The number of hydrogen-bond acceptors (Lipinski definition) is 1. The van der Waals surface area contributed by atoms with Gasteiger partial charge in [0.25, 0.3) is 0 Å². The molecule has 0 atom stereocenters. The van der Waals surface area contributed by atoms with E-state index in [4.69, 9.17) is 0 Å². The lowest BCUT2D eigenvalue weighted by Gasteiger charge is -1.96. The number of aromatic nitrogens is 1. The number of aryl methyl sites for hydroxylation is 1. The maximum Gasteiger partial charge on any atom is 0.211 e. The van der Waals surface area contributed by atoms with Crippen molar-refractivity contribution in [1.82, 2.24) is 10.3 Å². The molecule has 0 aliphatic heterocycles. The van der Waals surface area contributed by atoms with E-state index in [0.717, 1.165) is 27.5 Å². The number of amides is 1. The molecule has 0 saturated carbocycles. The van der Waals surface area contributed by atoms with E-state index in [1.54, 1.807) is 0 Å². The normalized spacial score (nSPS) is 12.5. The van der Waals surface area contributed by atoms with E-state index in [1.807, 2.05) is 20.8 Å². The summed E-state index contributed by atoms with van der Waals surface area (Å²) in [6, 6.07) is 0. The number of carbonyl (C=O) groups is 1. The molecule has 1 amide bonds. The monoisotopic (exact) mass is 178 g/mol. The minimum absolute atomic E-state index is 0.677. The van der Waals surface area contributed by atoms with Gasteiger partial charge in [-0.15, -0.1) is 0 Å². The molecule has 13 heavy (non-hydrogen) atoms. The van der Waals surface area contributed by atoms with Crippen LogP contribution in [0, 0.1) is 13.8 Å². The molecule has 2 N–H and O–H groups in total. The summed E-state index contributed by atoms with van der Waals surface area (Å²) in [5, 5.41) is 4.49. The van der Waals surface area contributed by atoms with E-state index in [2.05, 4.69) is 16.9 Å². The first kappa shape index (κ1) is 9.58. The SMILES string of the molecule is C=c1[nH]c(C)c(C)/c1=C(/C)NC=O. The first-order chi connectivity index (χ1) is 6.07. The Kier molecular flexibility index (Phi) is 2.56. The van der Waals surface area contributed by atoms with Gasteiger partial charge in [-0.3, -0.25) is 4.79 Å². The van der Waals surface area contributed by atoms with Gasteiger partial charge in [0.1, 0.15) is 0 Å². The fourth-order valence-corrected chi connectivity index (χ4v) is 1.46. The predicted molar refractivity (Wildman–Crippen MR) is 53.3 cm³/mol. The Morgan fingerprint density at radius 3 is 2.54 bits per heavy atom. The lowest BCUT2D eigenvalue weighted by molar-refractivity contribution is -0.108.